The number of ether oxygens (including phenoxy) is 1. The summed E-state index contributed by atoms with van der Waals surface area (Å²) in [7, 11) is 1.88. The number of pyridine rings is 1. The Morgan fingerprint density at radius 2 is 2.20 bits per heavy atom. The maximum atomic E-state index is 5.44. The van der Waals surface area contributed by atoms with Gasteiger partial charge in [0.15, 0.2) is 5.96 Å². The first kappa shape index (κ1) is 18.1. The number of hydrogen-bond donors (Lipinski definition) is 1. The molecule has 6 nitrogen and oxygen atoms in total. The molecular weight excluding hydrogens is 314 g/mol. The van der Waals surface area contributed by atoms with E-state index in [4.69, 9.17) is 4.74 Å². The molecule has 1 atom stereocenters. The van der Waals surface area contributed by atoms with Crippen molar-refractivity contribution in [1.82, 2.24) is 20.1 Å². The molecule has 2 fully saturated rings. The molecule has 1 aromatic rings. The Hall–Kier alpha value is -1.66. The minimum Gasteiger partial charge on any atom is -0.379 e. The molecule has 3 heterocycles. The third-order valence-corrected chi connectivity index (χ3v) is 5.23. The Kier molecular flexibility index (Phi) is 6.64. The van der Waals surface area contributed by atoms with E-state index in [1.165, 1.54) is 24.1 Å². The molecule has 0 aromatic carbocycles. The molecule has 1 unspecified atom stereocenters. The van der Waals surface area contributed by atoms with Gasteiger partial charge in [-0.05, 0) is 42.9 Å². The topological polar surface area (TPSA) is 53.0 Å². The van der Waals surface area contributed by atoms with Crippen LogP contribution in [0.2, 0.25) is 0 Å². The molecule has 0 aliphatic carbocycles. The summed E-state index contributed by atoms with van der Waals surface area (Å²) in [5.74, 6) is 1.77. The highest BCUT2D eigenvalue weighted by Gasteiger charge is 2.26. The van der Waals surface area contributed by atoms with Gasteiger partial charge in [0.25, 0.3) is 0 Å². The van der Waals surface area contributed by atoms with Gasteiger partial charge in [-0.2, -0.15) is 0 Å². The summed E-state index contributed by atoms with van der Waals surface area (Å²) in [5, 5.41) is 3.53. The molecule has 0 bridgehead atoms. The predicted octanol–water partition coefficient (Wildman–Crippen LogP) is 1.16. The fraction of sp³-hybridized carbons (Fsp3) is 0.684. The molecule has 2 aliphatic rings. The second-order valence-corrected chi connectivity index (χ2v) is 7.04. The zero-order valence-electron chi connectivity index (χ0n) is 15.6. The van der Waals surface area contributed by atoms with Gasteiger partial charge in [0.05, 0.1) is 13.2 Å². The van der Waals surface area contributed by atoms with Gasteiger partial charge < -0.3 is 15.0 Å². The van der Waals surface area contributed by atoms with E-state index < -0.39 is 0 Å². The van der Waals surface area contributed by atoms with Crippen LogP contribution in [0.15, 0.2) is 23.5 Å². The van der Waals surface area contributed by atoms with Gasteiger partial charge in [-0.25, -0.2) is 0 Å². The third-order valence-electron chi connectivity index (χ3n) is 5.23. The number of aryl methyl sites for hydroxylation is 1. The van der Waals surface area contributed by atoms with Gasteiger partial charge in [-0.3, -0.25) is 14.9 Å². The molecule has 1 aromatic heterocycles. The van der Waals surface area contributed by atoms with Crippen molar-refractivity contribution >= 4 is 5.96 Å². The van der Waals surface area contributed by atoms with Crippen LogP contribution in [0.4, 0.5) is 0 Å². The lowest BCUT2D eigenvalue weighted by Gasteiger charge is -2.29. The van der Waals surface area contributed by atoms with Crippen molar-refractivity contribution in [1.29, 1.82) is 0 Å². The van der Waals surface area contributed by atoms with Gasteiger partial charge in [0.1, 0.15) is 0 Å². The highest BCUT2D eigenvalue weighted by atomic mass is 16.5. The molecule has 138 valence electrons. The molecule has 0 amide bonds. The maximum Gasteiger partial charge on any atom is 0.193 e. The highest BCUT2D eigenvalue weighted by molar-refractivity contribution is 5.80. The normalized spacial score (nSPS) is 22.4. The monoisotopic (exact) mass is 345 g/mol. The van der Waals surface area contributed by atoms with E-state index in [2.05, 4.69) is 38.1 Å². The highest BCUT2D eigenvalue weighted by Crippen LogP contribution is 2.18. The van der Waals surface area contributed by atoms with Crippen LogP contribution < -0.4 is 5.32 Å². The van der Waals surface area contributed by atoms with Crippen LogP contribution in [0.25, 0.3) is 0 Å². The molecule has 6 heteroatoms. The lowest BCUT2D eigenvalue weighted by molar-refractivity contribution is 0.0315. The Bertz CT molecular complexity index is 571. The average molecular weight is 345 g/mol. The summed E-state index contributed by atoms with van der Waals surface area (Å²) >= 11 is 0. The first-order valence-corrected chi connectivity index (χ1v) is 9.41. The van der Waals surface area contributed by atoms with Crippen LogP contribution in [0, 0.1) is 12.8 Å². The average Bonchev–Trinajstić information content (AvgIpc) is 3.09. The van der Waals surface area contributed by atoms with Crippen LogP contribution in [0.5, 0.6) is 0 Å². The quantitative estimate of drug-likeness (QED) is 0.641. The molecule has 1 N–H and O–H groups in total. The maximum absolute atomic E-state index is 5.44. The first-order valence-electron chi connectivity index (χ1n) is 9.41. The number of guanidine groups is 1. The largest absolute Gasteiger partial charge is 0.379 e. The summed E-state index contributed by atoms with van der Waals surface area (Å²) in [6.07, 6.45) is 6.05. The molecule has 2 saturated heterocycles. The third kappa shape index (κ3) is 5.16. The van der Waals surface area contributed by atoms with Crippen LogP contribution in [0.1, 0.15) is 17.5 Å². The molecule has 0 spiro atoms. The van der Waals surface area contributed by atoms with Crippen molar-refractivity contribution in [3.05, 3.63) is 29.6 Å². The molecule has 2 aliphatic heterocycles. The Morgan fingerprint density at radius 1 is 1.36 bits per heavy atom. The van der Waals surface area contributed by atoms with Crippen molar-refractivity contribution in [2.24, 2.45) is 10.9 Å². The predicted molar refractivity (Wildman–Crippen MR) is 101 cm³/mol. The summed E-state index contributed by atoms with van der Waals surface area (Å²) in [5.41, 5.74) is 2.61. The number of nitrogens with one attached hydrogen (secondary N) is 1. The minimum absolute atomic E-state index is 0.735. The fourth-order valence-electron chi connectivity index (χ4n) is 3.75. The summed E-state index contributed by atoms with van der Waals surface area (Å²) in [4.78, 5) is 13.6. The van der Waals surface area contributed by atoms with Crippen molar-refractivity contribution in [3.63, 3.8) is 0 Å². The number of morpholine rings is 1. The van der Waals surface area contributed by atoms with Gasteiger partial charge in [-0.1, -0.05) is 0 Å². The Balaban J connectivity index is 1.43. The summed E-state index contributed by atoms with van der Waals surface area (Å²) < 4.78 is 5.44. The van der Waals surface area contributed by atoms with Crippen LogP contribution in [-0.4, -0.2) is 80.3 Å². The summed E-state index contributed by atoms with van der Waals surface area (Å²) in [6, 6.07) is 2.11. The smallest absolute Gasteiger partial charge is 0.193 e. The van der Waals surface area contributed by atoms with E-state index >= 15 is 0 Å². The van der Waals surface area contributed by atoms with E-state index in [1.807, 2.05) is 19.4 Å². The van der Waals surface area contributed by atoms with Crippen molar-refractivity contribution < 1.29 is 4.74 Å². The number of aliphatic imine (C=N–C) groups is 1. The standard InChI is InChI=1S/C19H31N5O/c1-16-13-21-6-3-18(16)4-7-22-19(20-2)24-8-5-17(15-24)14-23-9-11-25-12-10-23/h3,6,13,17H,4-5,7-12,14-15H2,1-2H3,(H,20,22). The zero-order valence-corrected chi connectivity index (χ0v) is 15.6. The van der Waals surface area contributed by atoms with Crippen LogP contribution in [0.3, 0.4) is 0 Å². The lowest BCUT2D eigenvalue weighted by Crippen LogP contribution is -2.42. The van der Waals surface area contributed by atoms with E-state index in [9.17, 15) is 0 Å². The second kappa shape index (κ2) is 9.15. The minimum atomic E-state index is 0.735. The SMILES string of the molecule is CN=C(NCCc1ccncc1C)N1CCC(CN2CCOCC2)C1. The molecule has 0 saturated carbocycles. The molecule has 3 rings (SSSR count). The Labute approximate surface area is 151 Å². The van der Waals surface area contributed by atoms with Crippen molar-refractivity contribution in [2.75, 3.05) is 59.5 Å². The number of hydrogen-bond acceptors (Lipinski definition) is 4. The van der Waals surface area contributed by atoms with Gasteiger partial charge in [-0.15, -0.1) is 0 Å². The lowest BCUT2D eigenvalue weighted by atomic mass is 10.1. The number of aromatic nitrogens is 1. The molecule has 25 heavy (non-hydrogen) atoms. The van der Waals surface area contributed by atoms with E-state index in [0.29, 0.717) is 0 Å². The van der Waals surface area contributed by atoms with Crippen LogP contribution >= 0.6 is 0 Å². The second-order valence-electron chi connectivity index (χ2n) is 7.04. The van der Waals surface area contributed by atoms with Gasteiger partial charge in [0, 0.05) is 58.7 Å². The van der Waals surface area contributed by atoms with E-state index in [0.717, 1.165) is 64.2 Å². The van der Waals surface area contributed by atoms with Gasteiger partial charge >= 0.3 is 0 Å². The Morgan fingerprint density at radius 3 is 2.96 bits per heavy atom. The number of nitrogens with zero attached hydrogens (tertiary/aromatic N) is 4. The van der Waals surface area contributed by atoms with Crippen LogP contribution in [-0.2, 0) is 11.2 Å². The number of rotatable bonds is 5. The first-order chi connectivity index (χ1) is 12.3. The summed E-state index contributed by atoms with van der Waals surface area (Å²) in [6.45, 7) is 10.3. The van der Waals surface area contributed by atoms with E-state index in [1.54, 1.807) is 0 Å². The molecular formula is C19H31N5O. The van der Waals surface area contributed by atoms with Crippen molar-refractivity contribution in [3.8, 4) is 0 Å². The van der Waals surface area contributed by atoms with E-state index in [-0.39, 0.29) is 0 Å². The zero-order chi connectivity index (χ0) is 17.5. The number of likely N-dealkylation sites (tertiary alicyclic amines) is 1. The fourth-order valence-corrected chi connectivity index (χ4v) is 3.75. The van der Waals surface area contributed by atoms with Crippen molar-refractivity contribution in [2.45, 2.75) is 19.8 Å². The van der Waals surface area contributed by atoms with Gasteiger partial charge in [0.2, 0.25) is 0 Å². The molecule has 0 radical (unpaired) electrons.